The smallest absolute Gasteiger partial charge is 0.211 e. The molecule has 4 nitrogen and oxygen atoms in total. The van der Waals surface area contributed by atoms with Gasteiger partial charge in [0, 0.05) is 18.6 Å². The molecule has 0 saturated carbocycles. The quantitative estimate of drug-likeness (QED) is 0.732. The van der Waals surface area contributed by atoms with Crippen molar-refractivity contribution in [2.75, 3.05) is 18.9 Å². The minimum atomic E-state index is -3.30. The zero-order valence-electron chi connectivity index (χ0n) is 12.3. The Labute approximate surface area is 122 Å². The predicted molar refractivity (Wildman–Crippen MR) is 82.0 cm³/mol. The van der Waals surface area contributed by atoms with E-state index in [1.165, 1.54) is 0 Å². The van der Waals surface area contributed by atoms with Crippen LogP contribution in [-0.4, -0.2) is 32.4 Å². The van der Waals surface area contributed by atoms with Gasteiger partial charge in [0.15, 0.2) is 0 Å². The highest BCUT2D eigenvalue weighted by Crippen LogP contribution is 2.24. The number of sulfonamides is 1. The molecule has 0 aliphatic heterocycles. The summed E-state index contributed by atoms with van der Waals surface area (Å²) in [6, 6.07) is 9.56. The van der Waals surface area contributed by atoms with Crippen molar-refractivity contribution in [1.29, 1.82) is 0 Å². The first kappa shape index (κ1) is 17.1. The second-order valence-corrected chi connectivity index (χ2v) is 7.17. The third kappa shape index (κ3) is 5.23. The van der Waals surface area contributed by atoms with E-state index < -0.39 is 10.0 Å². The lowest BCUT2D eigenvalue weighted by molar-refractivity contribution is 0.119. The summed E-state index contributed by atoms with van der Waals surface area (Å²) in [6.07, 6.45) is 2.00. The fraction of sp³-hybridized carbons (Fsp3) is 0.600. The maximum atomic E-state index is 12.0. The molecular weight excluding hydrogens is 274 g/mol. The molecule has 0 atom stereocenters. The molecule has 0 radical (unpaired) electrons. The third-order valence-corrected chi connectivity index (χ3v) is 5.33. The number of benzene rings is 1. The first-order valence-corrected chi connectivity index (χ1v) is 8.74. The lowest BCUT2D eigenvalue weighted by Gasteiger charge is -2.29. The molecule has 5 heteroatoms. The summed E-state index contributed by atoms with van der Waals surface area (Å²) >= 11 is 0. The minimum absolute atomic E-state index is 0.00120. The zero-order valence-corrected chi connectivity index (χ0v) is 13.1. The molecule has 0 aliphatic rings. The van der Waals surface area contributed by atoms with Crippen molar-refractivity contribution in [3.63, 3.8) is 0 Å². The first-order valence-electron chi connectivity index (χ1n) is 7.09. The molecule has 0 fully saturated rings. The molecule has 0 spiro atoms. The van der Waals surface area contributed by atoms with Gasteiger partial charge >= 0.3 is 0 Å². The maximum Gasteiger partial charge on any atom is 0.211 e. The van der Waals surface area contributed by atoms with E-state index >= 15 is 0 Å². The summed E-state index contributed by atoms with van der Waals surface area (Å²) in [6.45, 7) is 4.24. The van der Waals surface area contributed by atoms with Crippen LogP contribution < -0.4 is 4.72 Å². The Balaban J connectivity index is 2.53. The standard InChI is InChI=1S/C15H25NO3S/c1-3-15(4-2,13-17)12-16-20(18,19)11-10-14-8-6-5-7-9-14/h5-9,16-17H,3-4,10-13H2,1-2H3. The number of nitrogens with one attached hydrogen (secondary N) is 1. The Bertz CT molecular complexity index is 473. The van der Waals surface area contributed by atoms with Gasteiger partial charge < -0.3 is 5.11 Å². The van der Waals surface area contributed by atoms with Gasteiger partial charge in [0.25, 0.3) is 0 Å². The van der Waals surface area contributed by atoms with Crippen LogP contribution >= 0.6 is 0 Å². The Morgan fingerprint density at radius 1 is 1.15 bits per heavy atom. The van der Waals surface area contributed by atoms with E-state index in [9.17, 15) is 13.5 Å². The fourth-order valence-electron chi connectivity index (χ4n) is 2.01. The highest BCUT2D eigenvalue weighted by atomic mass is 32.2. The summed E-state index contributed by atoms with van der Waals surface area (Å²) < 4.78 is 26.6. The molecule has 114 valence electrons. The van der Waals surface area contributed by atoms with Crippen LogP contribution in [0.25, 0.3) is 0 Å². The van der Waals surface area contributed by atoms with Crippen molar-refractivity contribution in [3.8, 4) is 0 Å². The van der Waals surface area contributed by atoms with Gasteiger partial charge in [-0.1, -0.05) is 44.2 Å². The summed E-state index contributed by atoms with van der Waals surface area (Å²) in [7, 11) is -3.30. The number of rotatable bonds is 9. The number of aliphatic hydroxyl groups is 1. The number of aryl methyl sites for hydroxylation is 1. The van der Waals surface area contributed by atoms with E-state index in [4.69, 9.17) is 0 Å². The van der Waals surface area contributed by atoms with Crippen LogP contribution in [0.15, 0.2) is 30.3 Å². The average Bonchev–Trinajstić information content (AvgIpc) is 2.48. The van der Waals surface area contributed by atoms with Gasteiger partial charge in [-0.15, -0.1) is 0 Å². The number of hydrogen-bond acceptors (Lipinski definition) is 3. The molecule has 1 aromatic carbocycles. The van der Waals surface area contributed by atoms with Gasteiger partial charge in [-0.3, -0.25) is 0 Å². The van der Waals surface area contributed by atoms with Crippen molar-refractivity contribution in [2.45, 2.75) is 33.1 Å². The van der Waals surface area contributed by atoms with Gasteiger partial charge in [-0.2, -0.15) is 0 Å². The Hall–Kier alpha value is -0.910. The molecule has 20 heavy (non-hydrogen) atoms. The first-order chi connectivity index (χ1) is 9.47. The molecule has 0 heterocycles. The summed E-state index contributed by atoms with van der Waals surface area (Å²) in [4.78, 5) is 0. The van der Waals surface area contributed by atoms with E-state index in [0.29, 0.717) is 13.0 Å². The van der Waals surface area contributed by atoms with Crippen LogP contribution in [0.5, 0.6) is 0 Å². The van der Waals surface area contributed by atoms with E-state index in [-0.39, 0.29) is 17.8 Å². The van der Waals surface area contributed by atoms with Gasteiger partial charge in [0.2, 0.25) is 10.0 Å². The maximum absolute atomic E-state index is 12.0. The average molecular weight is 299 g/mol. The number of hydrogen-bond donors (Lipinski definition) is 2. The van der Waals surface area contributed by atoms with E-state index in [0.717, 1.165) is 18.4 Å². The molecule has 0 saturated heterocycles. The van der Waals surface area contributed by atoms with Crippen LogP contribution in [0.4, 0.5) is 0 Å². The Morgan fingerprint density at radius 2 is 1.75 bits per heavy atom. The Kier molecular flexibility index (Phi) is 6.65. The molecule has 2 N–H and O–H groups in total. The van der Waals surface area contributed by atoms with Crippen molar-refractivity contribution >= 4 is 10.0 Å². The van der Waals surface area contributed by atoms with Gasteiger partial charge in [0.1, 0.15) is 0 Å². The third-order valence-electron chi connectivity index (χ3n) is 4.00. The highest BCUT2D eigenvalue weighted by molar-refractivity contribution is 7.89. The largest absolute Gasteiger partial charge is 0.396 e. The molecule has 0 unspecified atom stereocenters. The zero-order chi connectivity index (χ0) is 15.1. The molecular formula is C15H25NO3S. The second kappa shape index (κ2) is 7.76. The monoisotopic (exact) mass is 299 g/mol. The van der Waals surface area contributed by atoms with Crippen molar-refractivity contribution in [2.24, 2.45) is 5.41 Å². The molecule has 0 amide bonds. The van der Waals surface area contributed by atoms with Gasteiger partial charge in [-0.05, 0) is 24.8 Å². The number of aliphatic hydroxyl groups excluding tert-OH is 1. The van der Waals surface area contributed by atoms with Crippen molar-refractivity contribution in [1.82, 2.24) is 4.72 Å². The topological polar surface area (TPSA) is 66.4 Å². The fourth-order valence-corrected chi connectivity index (χ4v) is 3.19. The highest BCUT2D eigenvalue weighted by Gasteiger charge is 2.27. The predicted octanol–water partition coefficient (Wildman–Crippen LogP) is 1.95. The van der Waals surface area contributed by atoms with Crippen LogP contribution in [0, 0.1) is 5.41 Å². The lowest BCUT2D eigenvalue weighted by Crippen LogP contribution is -2.40. The van der Waals surface area contributed by atoms with Crippen LogP contribution in [0.2, 0.25) is 0 Å². The van der Waals surface area contributed by atoms with Crippen LogP contribution in [0.3, 0.4) is 0 Å². The molecule has 0 aliphatic carbocycles. The second-order valence-electron chi connectivity index (χ2n) is 5.24. The summed E-state index contributed by atoms with van der Waals surface area (Å²) in [5, 5.41) is 9.45. The van der Waals surface area contributed by atoms with Gasteiger partial charge in [0.05, 0.1) is 5.75 Å². The van der Waals surface area contributed by atoms with Crippen LogP contribution in [0.1, 0.15) is 32.3 Å². The summed E-state index contributed by atoms with van der Waals surface area (Å²) in [5.41, 5.74) is 0.664. The molecule has 0 aromatic heterocycles. The van der Waals surface area contributed by atoms with Gasteiger partial charge in [-0.25, -0.2) is 13.1 Å². The van der Waals surface area contributed by atoms with E-state index in [1.807, 2.05) is 44.2 Å². The molecule has 0 bridgehead atoms. The van der Waals surface area contributed by atoms with Crippen molar-refractivity contribution in [3.05, 3.63) is 35.9 Å². The molecule has 1 rings (SSSR count). The summed E-state index contributed by atoms with van der Waals surface area (Å²) in [5.74, 6) is 0.0753. The van der Waals surface area contributed by atoms with Crippen LogP contribution in [-0.2, 0) is 16.4 Å². The molecule has 1 aromatic rings. The van der Waals surface area contributed by atoms with E-state index in [2.05, 4.69) is 4.72 Å². The van der Waals surface area contributed by atoms with E-state index in [1.54, 1.807) is 0 Å². The minimum Gasteiger partial charge on any atom is -0.396 e. The van der Waals surface area contributed by atoms with Crippen molar-refractivity contribution < 1.29 is 13.5 Å². The lowest BCUT2D eigenvalue weighted by atomic mass is 9.84. The SMILES string of the molecule is CCC(CC)(CO)CNS(=O)(=O)CCc1ccccc1. The normalized spacial score (nSPS) is 12.6. The Morgan fingerprint density at radius 3 is 2.25 bits per heavy atom.